The van der Waals surface area contributed by atoms with Crippen LogP contribution in [0.2, 0.25) is 0 Å². The van der Waals surface area contributed by atoms with Gasteiger partial charge in [-0.25, -0.2) is 4.98 Å². The van der Waals surface area contributed by atoms with Crippen molar-refractivity contribution in [2.75, 3.05) is 7.11 Å². The van der Waals surface area contributed by atoms with Crippen LogP contribution in [0.1, 0.15) is 31.7 Å². The molecule has 1 saturated carbocycles. The van der Waals surface area contributed by atoms with Crippen molar-refractivity contribution in [2.24, 2.45) is 0 Å². The number of aromatic nitrogens is 4. The first-order chi connectivity index (χ1) is 10.3. The van der Waals surface area contributed by atoms with E-state index in [0.29, 0.717) is 5.39 Å². The molecule has 6 nitrogen and oxygen atoms in total. The van der Waals surface area contributed by atoms with Gasteiger partial charge in [-0.15, -0.1) is 0 Å². The normalized spacial score (nSPS) is 23.1. The number of nitrogens with one attached hydrogen (secondary N) is 2. The summed E-state index contributed by atoms with van der Waals surface area (Å²) in [6, 6.07) is 2.15. The second-order valence-electron chi connectivity index (χ2n) is 5.70. The Balaban J connectivity index is 1.99. The van der Waals surface area contributed by atoms with Gasteiger partial charge in [-0.1, -0.05) is 12.8 Å². The Bertz CT molecular complexity index is 844. The van der Waals surface area contributed by atoms with Gasteiger partial charge in [0.15, 0.2) is 0 Å². The predicted molar refractivity (Wildman–Crippen MR) is 80.5 cm³/mol. The molecule has 21 heavy (non-hydrogen) atoms. The second kappa shape index (κ2) is 4.73. The Hall–Kier alpha value is -2.08. The maximum Gasteiger partial charge on any atom is 0.273 e. The fourth-order valence-electron chi connectivity index (χ4n) is 3.54. The van der Waals surface area contributed by atoms with Gasteiger partial charge < -0.3 is 9.72 Å². The first kappa shape index (κ1) is 12.6. The smallest absolute Gasteiger partial charge is 0.273 e. The summed E-state index contributed by atoms with van der Waals surface area (Å²) in [4.78, 5) is 19.6. The molecule has 2 N–H and O–H groups in total. The monoisotopic (exact) mass is 286 g/mol. The lowest BCUT2D eigenvalue weighted by Crippen LogP contribution is -2.30. The summed E-state index contributed by atoms with van der Waals surface area (Å²) in [5.41, 5.74) is 1.65. The van der Waals surface area contributed by atoms with Crippen molar-refractivity contribution in [3.63, 3.8) is 0 Å². The average molecular weight is 286 g/mol. The van der Waals surface area contributed by atoms with E-state index in [2.05, 4.69) is 15.1 Å². The molecule has 2 unspecified atom stereocenters. The fourth-order valence-corrected chi connectivity index (χ4v) is 3.54. The van der Waals surface area contributed by atoms with Crippen LogP contribution in [0.3, 0.4) is 0 Å². The largest absolute Gasteiger partial charge is 0.379 e. The lowest BCUT2D eigenvalue weighted by Gasteiger charge is -2.31. The summed E-state index contributed by atoms with van der Waals surface area (Å²) in [5.74, 6) is 0. The lowest BCUT2D eigenvalue weighted by atomic mass is 9.92. The third-order valence-corrected chi connectivity index (χ3v) is 4.57. The molecule has 1 aliphatic rings. The highest BCUT2D eigenvalue weighted by Gasteiger charge is 2.29. The zero-order chi connectivity index (χ0) is 14.4. The molecule has 3 heterocycles. The zero-order valence-electron chi connectivity index (χ0n) is 11.9. The summed E-state index contributed by atoms with van der Waals surface area (Å²) < 4.78 is 7.65. The van der Waals surface area contributed by atoms with Crippen molar-refractivity contribution < 1.29 is 4.74 Å². The summed E-state index contributed by atoms with van der Waals surface area (Å²) in [7, 11) is 1.75. The summed E-state index contributed by atoms with van der Waals surface area (Å²) in [6.07, 6.45) is 8.04. The maximum absolute atomic E-state index is 12.2. The molecular formula is C15H18N4O2. The van der Waals surface area contributed by atoms with E-state index in [4.69, 9.17) is 4.74 Å². The van der Waals surface area contributed by atoms with Gasteiger partial charge in [0.2, 0.25) is 0 Å². The summed E-state index contributed by atoms with van der Waals surface area (Å²) in [5, 5.41) is 4.62. The van der Waals surface area contributed by atoms with Crippen molar-refractivity contribution in [2.45, 2.75) is 37.8 Å². The zero-order valence-corrected chi connectivity index (χ0v) is 11.9. The molecule has 110 valence electrons. The molecule has 0 bridgehead atoms. The Morgan fingerprint density at radius 3 is 3.05 bits per heavy atom. The number of fused-ring (bicyclic) bond motifs is 3. The van der Waals surface area contributed by atoms with E-state index >= 15 is 0 Å². The number of hydrogen-bond donors (Lipinski definition) is 2. The van der Waals surface area contributed by atoms with Gasteiger partial charge in [-0.3, -0.25) is 14.6 Å². The van der Waals surface area contributed by atoms with Crippen molar-refractivity contribution >= 4 is 21.9 Å². The van der Waals surface area contributed by atoms with Crippen LogP contribution in [-0.4, -0.2) is 33.0 Å². The number of ether oxygens (including phenoxy) is 1. The van der Waals surface area contributed by atoms with Crippen molar-refractivity contribution in [3.05, 3.63) is 28.8 Å². The number of rotatable bonds is 2. The molecule has 0 saturated heterocycles. The number of methoxy groups -OCH3 is 1. The Kier molecular flexibility index (Phi) is 2.85. The first-order valence-electron chi connectivity index (χ1n) is 7.38. The highest BCUT2D eigenvalue weighted by atomic mass is 16.5. The van der Waals surface area contributed by atoms with E-state index in [0.717, 1.165) is 35.8 Å². The van der Waals surface area contributed by atoms with Gasteiger partial charge in [0.25, 0.3) is 5.56 Å². The Morgan fingerprint density at radius 2 is 2.19 bits per heavy atom. The number of nitrogens with zero attached hydrogens (tertiary/aromatic N) is 2. The van der Waals surface area contributed by atoms with Crippen molar-refractivity contribution in [1.29, 1.82) is 0 Å². The van der Waals surface area contributed by atoms with E-state index in [9.17, 15) is 4.79 Å². The van der Waals surface area contributed by atoms with E-state index in [-0.39, 0.29) is 17.7 Å². The number of H-pyrrole nitrogens is 2. The van der Waals surface area contributed by atoms with Crippen LogP contribution in [-0.2, 0) is 4.74 Å². The van der Waals surface area contributed by atoms with E-state index in [1.807, 2.05) is 16.9 Å². The molecule has 1 fully saturated rings. The minimum atomic E-state index is -0.0824. The first-order valence-corrected chi connectivity index (χ1v) is 7.38. The molecule has 0 radical (unpaired) electrons. The van der Waals surface area contributed by atoms with Gasteiger partial charge in [0, 0.05) is 24.9 Å². The third-order valence-electron chi connectivity index (χ3n) is 4.57. The molecule has 0 aliphatic heterocycles. The van der Waals surface area contributed by atoms with Crippen LogP contribution in [0.5, 0.6) is 0 Å². The molecule has 1 aliphatic carbocycles. The number of aromatic amines is 2. The number of pyridine rings is 1. The standard InChI is InChI=1S/C15H18N4O2/c1-21-12-5-3-2-4-11(12)19-13-9-6-7-16-14(9)17-8-10(13)15(20)18-19/h6-8,11-12H,2-5H2,1H3,(H,16,17)(H,18,20). The Morgan fingerprint density at radius 1 is 1.33 bits per heavy atom. The Labute approximate surface area is 121 Å². The molecule has 0 amide bonds. The maximum atomic E-state index is 12.2. The van der Waals surface area contributed by atoms with Gasteiger partial charge in [-0.05, 0) is 18.9 Å². The summed E-state index contributed by atoms with van der Waals surface area (Å²) in [6.45, 7) is 0. The third kappa shape index (κ3) is 1.82. The molecule has 0 aromatic carbocycles. The quantitative estimate of drug-likeness (QED) is 0.759. The van der Waals surface area contributed by atoms with Crippen LogP contribution < -0.4 is 5.56 Å². The topological polar surface area (TPSA) is 75.7 Å². The highest BCUT2D eigenvalue weighted by molar-refractivity contribution is 6.02. The molecule has 2 atom stereocenters. The van der Waals surface area contributed by atoms with Crippen LogP contribution in [0.25, 0.3) is 21.9 Å². The van der Waals surface area contributed by atoms with Crippen LogP contribution in [0.4, 0.5) is 0 Å². The average Bonchev–Trinajstić information content (AvgIpc) is 3.11. The molecule has 6 heteroatoms. The SMILES string of the molecule is COC1CCCCC1n1[nH]c(=O)c2cnc3[nH]ccc3c21. The second-order valence-corrected chi connectivity index (χ2v) is 5.70. The molecule has 4 rings (SSSR count). The molecular weight excluding hydrogens is 268 g/mol. The highest BCUT2D eigenvalue weighted by Crippen LogP contribution is 2.33. The lowest BCUT2D eigenvalue weighted by molar-refractivity contribution is 0.0261. The van der Waals surface area contributed by atoms with Crippen molar-refractivity contribution in [1.82, 2.24) is 19.7 Å². The van der Waals surface area contributed by atoms with Crippen LogP contribution >= 0.6 is 0 Å². The molecule has 3 aromatic heterocycles. The minimum Gasteiger partial charge on any atom is -0.379 e. The van der Waals surface area contributed by atoms with Crippen LogP contribution in [0, 0.1) is 0 Å². The van der Waals surface area contributed by atoms with E-state index in [1.54, 1.807) is 13.3 Å². The van der Waals surface area contributed by atoms with Gasteiger partial charge >= 0.3 is 0 Å². The van der Waals surface area contributed by atoms with Crippen LogP contribution in [0.15, 0.2) is 23.3 Å². The molecule has 0 spiro atoms. The number of hydrogen-bond acceptors (Lipinski definition) is 3. The van der Waals surface area contributed by atoms with Gasteiger partial charge in [0.1, 0.15) is 5.65 Å². The molecule has 3 aromatic rings. The van der Waals surface area contributed by atoms with E-state index < -0.39 is 0 Å². The fraction of sp³-hybridized carbons (Fsp3) is 0.467. The van der Waals surface area contributed by atoms with Gasteiger partial charge in [-0.2, -0.15) is 0 Å². The minimum absolute atomic E-state index is 0.0824. The predicted octanol–water partition coefficient (Wildman–Crippen LogP) is 2.34. The van der Waals surface area contributed by atoms with Gasteiger partial charge in [0.05, 0.1) is 23.0 Å². The van der Waals surface area contributed by atoms with Crippen molar-refractivity contribution in [3.8, 4) is 0 Å². The summed E-state index contributed by atoms with van der Waals surface area (Å²) >= 11 is 0. The van der Waals surface area contributed by atoms with E-state index in [1.165, 1.54) is 6.42 Å².